The second-order valence-corrected chi connectivity index (χ2v) is 6.30. The number of hydrogen-bond donors (Lipinski definition) is 0. The van der Waals surface area contributed by atoms with Crippen molar-refractivity contribution in [2.45, 2.75) is 37.6 Å². The smallest absolute Gasteiger partial charge is 0.222 e. The van der Waals surface area contributed by atoms with Crippen LogP contribution in [0.5, 0.6) is 0 Å². The Labute approximate surface area is 121 Å². The van der Waals surface area contributed by atoms with Gasteiger partial charge in [0.1, 0.15) is 0 Å². The van der Waals surface area contributed by atoms with E-state index in [0.717, 1.165) is 25.9 Å². The Balaban J connectivity index is 1.55. The van der Waals surface area contributed by atoms with Crippen LogP contribution in [0.4, 0.5) is 0 Å². The van der Waals surface area contributed by atoms with Crippen molar-refractivity contribution >= 4 is 5.91 Å². The number of rotatable bonds is 3. The van der Waals surface area contributed by atoms with Gasteiger partial charge in [0.15, 0.2) is 0 Å². The van der Waals surface area contributed by atoms with Crippen molar-refractivity contribution in [3.05, 3.63) is 35.9 Å². The fraction of sp³-hybridized carbons (Fsp3) is 0.588. The molecule has 1 amide bonds. The normalized spacial score (nSPS) is 26.6. The molecule has 1 aromatic rings. The summed E-state index contributed by atoms with van der Waals surface area (Å²) in [4.78, 5) is 16.9. The number of amides is 1. The lowest BCUT2D eigenvalue weighted by Crippen LogP contribution is -2.66. The number of hydrogen-bond acceptors (Lipinski definition) is 2. The zero-order valence-corrected chi connectivity index (χ0v) is 12.3. The summed E-state index contributed by atoms with van der Waals surface area (Å²) in [7, 11) is 2.20. The van der Waals surface area contributed by atoms with Crippen molar-refractivity contribution < 1.29 is 4.79 Å². The van der Waals surface area contributed by atoms with Crippen LogP contribution >= 0.6 is 0 Å². The number of carbonyl (C=O) groups excluding carboxylic acids is 1. The molecule has 3 nitrogen and oxygen atoms in total. The monoisotopic (exact) mass is 272 g/mol. The van der Waals surface area contributed by atoms with E-state index in [-0.39, 0.29) is 0 Å². The van der Waals surface area contributed by atoms with Gasteiger partial charge in [-0.15, -0.1) is 0 Å². The Morgan fingerprint density at radius 3 is 2.65 bits per heavy atom. The summed E-state index contributed by atoms with van der Waals surface area (Å²) < 4.78 is 0. The maximum atomic E-state index is 12.4. The highest BCUT2D eigenvalue weighted by atomic mass is 16.2. The first-order valence-corrected chi connectivity index (χ1v) is 7.73. The van der Waals surface area contributed by atoms with E-state index in [2.05, 4.69) is 29.0 Å². The largest absolute Gasteiger partial charge is 0.341 e. The molecule has 2 saturated heterocycles. The van der Waals surface area contributed by atoms with Gasteiger partial charge in [-0.25, -0.2) is 0 Å². The predicted octanol–water partition coefficient (Wildman–Crippen LogP) is 2.32. The van der Waals surface area contributed by atoms with Gasteiger partial charge in [-0.2, -0.15) is 0 Å². The minimum Gasteiger partial charge on any atom is -0.341 e. The molecule has 1 aromatic carbocycles. The van der Waals surface area contributed by atoms with Crippen LogP contribution in [0, 0.1) is 0 Å². The topological polar surface area (TPSA) is 23.6 Å². The Kier molecular flexibility index (Phi) is 3.79. The highest BCUT2D eigenvalue weighted by molar-refractivity contribution is 5.76. The third-order valence-electron chi connectivity index (χ3n) is 5.10. The molecule has 2 aliphatic heterocycles. The minimum atomic E-state index is 0.306. The van der Waals surface area contributed by atoms with Crippen LogP contribution < -0.4 is 0 Å². The summed E-state index contributed by atoms with van der Waals surface area (Å²) >= 11 is 0. The van der Waals surface area contributed by atoms with Gasteiger partial charge in [-0.05, 0) is 38.3 Å². The highest BCUT2D eigenvalue weighted by Crippen LogP contribution is 2.37. The summed E-state index contributed by atoms with van der Waals surface area (Å²) in [5.41, 5.74) is 1.56. The Hall–Kier alpha value is -1.35. The lowest BCUT2D eigenvalue weighted by Gasteiger charge is -2.55. The molecule has 0 N–H and O–H groups in total. The zero-order chi connectivity index (χ0) is 14.0. The van der Waals surface area contributed by atoms with Crippen molar-refractivity contribution in [1.29, 1.82) is 0 Å². The first-order chi connectivity index (χ1) is 9.70. The van der Waals surface area contributed by atoms with Crippen molar-refractivity contribution in [3.8, 4) is 0 Å². The highest BCUT2D eigenvalue weighted by Gasteiger charge is 2.45. The molecule has 0 bridgehead atoms. The van der Waals surface area contributed by atoms with Crippen molar-refractivity contribution in [2.24, 2.45) is 0 Å². The van der Waals surface area contributed by atoms with Crippen molar-refractivity contribution in [3.63, 3.8) is 0 Å². The molecule has 2 fully saturated rings. The molecule has 0 saturated carbocycles. The summed E-state index contributed by atoms with van der Waals surface area (Å²) in [5, 5.41) is 0. The molecule has 0 aromatic heterocycles. The number of likely N-dealkylation sites (tertiary alicyclic amines) is 2. The third-order valence-corrected chi connectivity index (χ3v) is 5.10. The third kappa shape index (κ3) is 2.59. The van der Waals surface area contributed by atoms with E-state index >= 15 is 0 Å². The maximum absolute atomic E-state index is 12.4. The van der Waals surface area contributed by atoms with E-state index in [4.69, 9.17) is 0 Å². The van der Waals surface area contributed by atoms with Crippen molar-refractivity contribution in [1.82, 2.24) is 9.80 Å². The first-order valence-electron chi connectivity index (χ1n) is 7.73. The Bertz CT molecular complexity index is 473. The first kappa shape index (κ1) is 13.6. The predicted molar refractivity (Wildman–Crippen MR) is 80.6 cm³/mol. The maximum Gasteiger partial charge on any atom is 0.222 e. The number of carbonyl (C=O) groups is 1. The average molecular weight is 272 g/mol. The quantitative estimate of drug-likeness (QED) is 0.843. The van der Waals surface area contributed by atoms with Crippen LogP contribution in [0.3, 0.4) is 0 Å². The van der Waals surface area contributed by atoms with Crippen LogP contribution in [0.2, 0.25) is 0 Å². The van der Waals surface area contributed by atoms with Crippen LogP contribution in [0.25, 0.3) is 0 Å². The van der Waals surface area contributed by atoms with E-state index in [1.54, 1.807) is 0 Å². The molecule has 1 spiro atoms. The number of aryl methyl sites for hydroxylation is 1. The minimum absolute atomic E-state index is 0.306. The van der Waals surface area contributed by atoms with Gasteiger partial charge in [0, 0.05) is 31.6 Å². The number of benzene rings is 1. The summed E-state index contributed by atoms with van der Waals surface area (Å²) in [5.74, 6) is 0.327. The van der Waals surface area contributed by atoms with Crippen LogP contribution in [0.1, 0.15) is 31.2 Å². The molecule has 2 heterocycles. The van der Waals surface area contributed by atoms with E-state index < -0.39 is 0 Å². The Morgan fingerprint density at radius 1 is 1.20 bits per heavy atom. The fourth-order valence-electron chi connectivity index (χ4n) is 3.55. The second kappa shape index (κ2) is 5.57. The lowest BCUT2D eigenvalue weighted by molar-refractivity contribution is -0.138. The number of piperidine rings is 1. The molecule has 2 aliphatic rings. The van der Waals surface area contributed by atoms with Crippen LogP contribution in [-0.4, -0.2) is 47.9 Å². The van der Waals surface area contributed by atoms with Gasteiger partial charge in [-0.3, -0.25) is 9.69 Å². The van der Waals surface area contributed by atoms with Gasteiger partial charge in [0.2, 0.25) is 5.91 Å². The van der Waals surface area contributed by atoms with E-state index in [0.29, 0.717) is 17.9 Å². The van der Waals surface area contributed by atoms with Crippen molar-refractivity contribution in [2.75, 3.05) is 26.7 Å². The summed E-state index contributed by atoms with van der Waals surface area (Å²) in [6.45, 7) is 3.08. The van der Waals surface area contributed by atoms with Gasteiger partial charge in [-0.1, -0.05) is 30.3 Å². The molecule has 0 radical (unpaired) electrons. The second-order valence-electron chi connectivity index (χ2n) is 6.30. The van der Waals surface area contributed by atoms with Crippen LogP contribution in [-0.2, 0) is 11.2 Å². The zero-order valence-electron chi connectivity index (χ0n) is 12.3. The SMILES string of the molecule is CN1CC[C@@]12CCCN(C(=O)CCc1ccccc1)C2. The van der Waals surface area contributed by atoms with E-state index in [1.807, 2.05) is 18.2 Å². The molecule has 1 atom stereocenters. The molecule has 3 rings (SSSR count). The lowest BCUT2D eigenvalue weighted by atomic mass is 9.78. The number of nitrogens with zero attached hydrogens (tertiary/aromatic N) is 2. The van der Waals surface area contributed by atoms with E-state index in [9.17, 15) is 4.79 Å². The standard InChI is InChI=1S/C17H24N2O/c1-18-13-11-17(18)10-5-12-19(14-17)16(20)9-8-15-6-3-2-4-7-15/h2-4,6-7H,5,8-14H2,1H3/t17-/m1/s1. The van der Waals surface area contributed by atoms with Gasteiger partial charge >= 0.3 is 0 Å². The van der Waals surface area contributed by atoms with Gasteiger partial charge in [0.25, 0.3) is 0 Å². The average Bonchev–Trinajstić information content (AvgIpc) is 2.52. The molecule has 108 valence electrons. The molecular formula is C17H24N2O. The molecule has 20 heavy (non-hydrogen) atoms. The van der Waals surface area contributed by atoms with E-state index in [1.165, 1.54) is 24.9 Å². The summed E-state index contributed by atoms with van der Waals surface area (Å²) in [6.07, 6.45) is 5.17. The van der Waals surface area contributed by atoms with Gasteiger partial charge in [0.05, 0.1) is 0 Å². The molecule has 0 unspecified atom stereocenters. The molecule has 3 heteroatoms. The number of likely N-dealkylation sites (N-methyl/N-ethyl adjacent to an activating group) is 1. The fourth-order valence-corrected chi connectivity index (χ4v) is 3.55. The molecule has 0 aliphatic carbocycles. The Morgan fingerprint density at radius 2 is 2.00 bits per heavy atom. The molecular weight excluding hydrogens is 248 g/mol. The van der Waals surface area contributed by atoms with Gasteiger partial charge < -0.3 is 4.90 Å². The summed E-state index contributed by atoms with van der Waals surface area (Å²) in [6, 6.07) is 10.3. The van der Waals surface area contributed by atoms with Crippen LogP contribution in [0.15, 0.2) is 30.3 Å².